The summed E-state index contributed by atoms with van der Waals surface area (Å²) in [6.07, 6.45) is 1.25. The number of ether oxygens (including phenoxy) is 1. The van der Waals surface area contributed by atoms with Gasteiger partial charge in [0.2, 0.25) is 5.82 Å². The van der Waals surface area contributed by atoms with Crippen molar-refractivity contribution in [1.29, 1.82) is 0 Å². The van der Waals surface area contributed by atoms with Crippen LogP contribution in [-0.4, -0.2) is 28.9 Å². The van der Waals surface area contributed by atoms with Crippen LogP contribution in [0.25, 0.3) is 0 Å². The molecule has 6 heteroatoms. The van der Waals surface area contributed by atoms with E-state index in [0.717, 1.165) is 12.8 Å². The van der Waals surface area contributed by atoms with Crippen molar-refractivity contribution in [2.75, 3.05) is 13.7 Å². The van der Waals surface area contributed by atoms with Crippen molar-refractivity contribution in [3.8, 4) is 0 Å². The van der Waals surface area contributed by atoms with E-state index in [1.165, 1.54) is 0 Å². The predicted molar refractivity (Wildman–Crippen MR) is 50.8 cm³/mol. The van der Waals surface area contributed by atoms with Gasteiger partial charge in [-0.1, -0.05) is 5.16 Å². The lowest BCUT2D eigenvalue weighted by atomic mass is 10.2. The Morgan fingerprint density at radius 2 is 2.40 bits per heavy atom. The Hall–Kier alpha value is -0.980. The molecule has 1 aliphatic rings. The van der Waals surface area contributed by atoms with E-state index in [1.807, 2.05) is 0 Å². The fourth-order valence-corrected chi connectivity index (χ4v) is 1.51. The van der Waals surface area contributed by atoms with Crippen LogP contribution >= 0.6 is 0 Å². The molecular weight excluding hydrogens is 198 g/mol. The molecule has 3 N–H and O–H groups in total. The van der Waals surface area contributed by atoms with Gasteiger partial charge in [0.1, 0.15) is 12.2 Å². The molecule has 1 aliphatic carbocycles. The second kappa shape index (κ2) is 4.26. The average Bonchev–Trinajstić information content (AvgIpc) is 2.96. The topological polar surface area (TPSA) is 94.4 Å². The molecule has 15 heavy (non-hydrogen) atoms. The molecule has 0 saturated heterocycles. The largest absolute Gasteiger partial charge is 0.382 e. The quantitative estimate of drug-likeness (QED) is 0.723. The van der Waals surface area contributed by atoms with Gasteiger partial charge in [0, 0.05) is 13.7 Å². The smallest absolute Gasteiger partial charge is 0.256 e. The third-order valence-corrected chi connectivity index (χ3v) is 2.52. The Labute approximate surface area is 87.4 Å². The number of nitrogens with zero attached hydrogens (tertiary/aromatic N) is 2. The van der Waals surface area contributed by atoms with E-state index >= 15 is 0 Å². The summed E-state index contributed by atoms with van der Waals surface area (Å²) in [5, 5.41) is 13.2. The molecule has 0 aliphatic heterocycles. The van der Waals surface area contributed by atoms with E-state index in [-0.39, 0.29) is 18.5 Å². The highest BCUT2D eigenvalue weighted by Crippen LogP contribution is 2.41. The first-order valence-corrected chi connectivity index (χ1v) is 5.00. The highest BCUT2D eigenvalue weighted by molar-refractivity contribution is 4.99. The van der Waals surface area contributed by atoms with Gasteiger partial charge >= 0.3 is 0 Å². The minimum Gasteiger partial charge on any atom is -0.382 e. The van der Waals surface area contributed by atoms with Crippen LogP contribution in [0.4, 0.5) is 0 Å². The molecule has 1 heterocycles. The van der Waals surface area contributed by atoms with Gasteiger partial charge in [0.05, 0.1) is 0 Å². The maximum absolute atomic E-state index is 9.39. The van der Waals surface area contributed by atoms with E-state index in [2.05, 4.69) is 10.1 Å². The van der Waals surface area contributed by atoms with Crippen molar-refractivity contribution in [1.82, 2.24) is 10.1 Å². The van der Waals surface area contributed by atoms with Gasteiger partial charge in [-0.05, 0) is 18.8 Å². The van der Waals surface area contributed by atoms with Crippen LogP contribution in [0.5, 0.6) is 0 Å². The molecule has 1 saturated carbocycles. The van der Waals surface area contributed by atoms with Crippen molar-refractivity contribution in [2.24, 2.45) is 11.7 Å². The first-order valence-electron chi connectivity index (χ1n) is 5.00. The summed E-state index contributed by atoms with van der Waals surface area (Å²) in [5.74, 6) is 1.15. The third-order valence-electron chi connectivity index (χ3n) is 2.52. The van der Waals surface area contributed by atoms with Gasteiger partial charge in [-0.15, -0.1) is 0 Å². The van der Waals surface area contributed by atoms with E-state index in [4.69, 9.17) is 15.0 Å². The second-order valence-corrected chi connectivity index (χ2v) is 3.74. The molecule has 0 amide bonds. The lowest BCUT2D eigenvalue weighted by molar-refractivity contribution is 0.0750. The van der Waals surface area contributed by atoms with Crippen LogP contribution in [0.1, 0.15) is 36.8 Å². The van der Waals surface area contributed by atoms with Crippen molar-refractivity contribution in [3.63, 3.8) is 0 Å². The first-order chi connectivity index (χ1) is 7.26. The Balaban J connectivity index is 2.10. The van der Waals surface area contributed by atoms with Gasteiger partial charge in [0.25, 0.3) is 5.89 Å². The maximum Gasteiger partial charge on any atom is 0.256 e. The molecule has 1 aromatic heterocycles. The number of aromatic nitrogens is 2. The molecule has 0 radical (unpaired) electrons. The number of hydrogen-bond donors (Lipinski definition) is 2. The molecule has 1 fully saturated rings. The van der Waals surface area contributed by atoms with E-state index in [9.17, 15) is 5.11 Å². The summed E-state index contributed by atoms with van der Waals surface area (Å²) >= 11 is 0. The first kappa shape index (κ1) is 10.5. The molecule has 2 atom stereocenters. The molecule has 0 spiro atoms. The molecular formula is C9H15N3O3. The zero-order chi connectivity index (χ0) is 10.8. The lowest BCUT2D eigenvalue weighted by Gasteiger charge is -2.08. The predicted octanol–water partition coefficient (Wildman–Crippen LogP) is 0.159. The minimum absolute atomic E-state index is 0.0721. The fraction of sp³-hybridized carbons (Fsp3) is 0.778. The molecule has 0 bridgehead atoms. The highest BCUT2D eigenvalue weighted by atomic mass is 16.5. The van der Waals surface area contributed by atoms with E-state index in [0.29, 0.717) is 11.7 Å². The van der Waals surface area contributed by atoms with Crippen LogP contribution in [0, 0.1) is 5.92 Å². The monoisotopic (exact) mass is 213 g/mol. The zero-order valence-corrected chi connectivity index (χ0v) is 8.59. The molecule has 84 valence electrons. The summed E-state index contributed by atoms with van der Waals surface area (Å²) in [7, 11) is 1.62. The Morgan fingerprint density at radius 1 is 1.67 bits per heavy atom. The normalized spacial score (nSPS) is 20.2. The summed E-state index contributed by atoms with van der Waals surface area (Å²) in [6.45, 7) is 0.0721. The van der Waals surface area contributed by atoms with Gasteiger partial charge < -0.3 is 20.1 Å². The molecule has 1 aromatic rings. The molecule has 2 rings (SSSR count). The van der Waals surface area contributed by atoms with Crippen molar-refractivity contribution in [3.05, 3.63) is 11.7 Å². The number of aliphatic hydroxyl groups is 1. The number of nitrogens with two attached hydrogens (primary N) is 1. The van der Waals surface area contributed by atoms with Gasteiger partial charge in [-0.25, -0.2) is 0 Å². The third kappa shape index (κ3) is 2.17. The van der Waals surface area contributed by atoms with Crippen LogP contribution < -0.4 is 5.73 Å². The standard InChI is InChI=1S/C9H15N3O3/c1-14-7(5-2-3-5)8-11-9(15-12-8)6(13)4-10/h5-7,13H,2-4,10H2,1H3. The fourth-order valence-electron chi connectivity index (χ4n) is 1.51. The van der Waals surface area contributed by atoms with Gasteiger partial charge in [0.15, 0.2) is 0 Å². The second-order valence-electron chi connectivity index (χ2n) is 3.74. The molecule has 6 nitrogen and oxygen atoms in total. The molecule has 2 unspecified atom stereocenters. The summed E-state index contributed by atoms with van der Waals surface area (Å²) in [5.41, 5.74) is 5.29. The summed E-state index contributed by atoms with van der Waals surface area (Å²) < 4.78 is 10.2. The Bertz CT molecular complexity index is 324. The SMILES string of the molecule is COC(c1noc(C(O)CN)n1)C1CC1. The average molecular weight is 213 g/mol. The van der Waals surface area contributed by atoms with Crippen molar-refractivity contribution < 1.29 is 14.4 Å². The van der Waals surface area contributed by atoms with E-state index < -0.39 is 6.10 Å². The Kier molecular flexibility index (Phi) is 2.99. The Morgan fingerprint density at radius 3 is 2.93 bits per heavy atom. The number of aliphatic hydroxyl groups excluding tert-OH is 1. The number of hydrogen-bond acceptors (Lipinski definition) is 6. The minimum atomic E-state index is -0.886. The number of rotatable bonds is 5. The van der Waals surface area contributed by atoms with Gasteiger partial charge in [-0.2, -0.15) is 4.98 Å². The van der Waals surface area contributed by atoms with Crippen molar-refractivity contribution in [2.45, 2.75) is 25.0 Å². The van der Waals surface area contributed by atoms with Crippen LogP contribution in [0.3, 0.4) is 0 Å². The number of methoxy groups -OCH3 is 1. The van der Waals surface area contributed by atoms with Crippen molar-refractivity contribution >= 4 is 0 Å². The van der Waals surface area contributed by atoms with Crippen LogP contribution in [0.2, 0.25) is 0 Å². The summed E-state index contributed by atoms with van der Waals surface area (Å²) in [4.78, 5) is 4.08. The van der Waals surface area contributed by atoms with Crippen LogP contribution in [-0.2, 0) is 4.74 Å². The lowest BCUT2D eigenvalue weighted by Crippen LogP contribution is -2.12. The highest BCUT2D eigenvalue weighted by Gasteiger charge is 2.35. The molecule has 0 aromatic carbocycles. The van der Waals surface area contributed by atoms with Crippen LogP contribution in [0.15, 0.2) is 4.52 Å². The maximum atomic E-state index is 9.39. The van der Waals surface area contributed by atoms with Gasteiger partial charge in [-0.3, -0.25) is 0 Å². The summed E-state index contributed by atoms with van der Waals surface area (Å²) in [6, 6.07) is 0. The zero-order valence-electron chi connectivity index (χ0n) is 8.59. The van der Waals surface area contributed by atoms with E-state index in [1.54, 1.807) is 7.11 Å².